The van der Waals surface area contributed by atoms with Crippen LogP contribution in [-0.2, 0) is 0 Å². The Bertz CT molecular complexity index is 73.0. The molecule has 1 fully saturated rings. The zero-order valence-corrected chi connectivity index (χ0v) is 5.51. The van der Waals surface area contributed by atoms with E-state index in [9.17, 15) is 0 Å². The van der Waals surface area contributed by atoms with Crippen molar-refractivity contribution in [2.45, 2.75) is 38.2 Å². The van der Waals surface area contributed by atoms with Crippen LogP contribution in [-0.4, -0.2) is 16.3 Å². The number of rotatable bonds is 0. The summed E-state index contributed by atoms with van der Waals surface area (Å²) in [7, 11) is 0. The van der Waals surface area contributed by atoms with Gasteiger partial charge in [0.1, 0.15) is 6.10 Å². The molecule has 0 amide bonds. The molecule has 1 rings (SSSR count). The zero-order valence-electron chi connectivity index (χ0n) is 5.51. The fourth-order valence-corrected chi connectivity index (χ4v) is 1.15. The predicted molar refractivity (Wildman–Crippen MR) is 34.3 cm³/mol. The lowest BCUT2D eigenvalue weighted by Crippen LogP contribution is -2.15. The van der Waals surface area contributed by atoms with E-state index >= 15 is 0 Å². The molecule has 0 bridgehead atoms. The van der Waals surface area contributed by atoms with E-state index in [0.717, 1.165) is 25.7 Å². The standard InChI is InChI=1S/C7H13O2/c8-6-4-2-1-3-5-7(6)9/h6,8-9H,1-5H2/t6-/m0/s1. The highest BCUT2D eigenvalue weighted by Gasteiger charge is 2.19. The van der Waals surface area contributed by atoms with Crippen molar-refractivity contribution < 1.29 is 10.2 Å². The summed E-state index contributed by atoms with van der Waals surface area (Å²) in [4.78, 5) is 0. The Kier molecular flexibility index (Phi) is 2.49. The lowest BCUT2D eigenvalue weighted by Gasteiger charge is -2.10. The lowest BCUT2D eigenvalue weighted by atomic mass is 10.1. The molecule has 0 aromatic carbocycles. The molecule has 0 aromatic rings. The van der Waals surface area contributed by atoms with Gasteiger partial charge < -0.3 is 10.2 Å². The van der Waals surface area contributed by atoms with Gasteiger partial charge in [-0.15, -0.1) is 0 Å². The lowest BCUT2D eigenvalue weighted by molar-refractivity contribution is 0.0908. The Morgan fingerprint density at radius 1 is 1.22 bits per heavy atom. The van der Waals surface area contributed by atoms with Crippen LogP contribution in [0.5, 0.6) is 0 Å². The van der Waals surface area contributed by atoms with E-state index in [4.69, 9.17) is 10.2 Å². The monoisotopic (exact) mass is 129 g/mol. The Labute approximate surface area is 55.5 Å². The van der Waals surface area contributed by atoms with Gasteiger partial charge in [-0.1, -0.05) is 19.3 Å². The van der Waals surface area contributed by atoms with E-state index < -0.39 is 6.10 Å². The molecule has 1 aliphatic rings. The van der Waals surface area contributed by atoms with Crippen molar-refractivity contribution in [3.8, 4) is 0 Å². The Hall–Kier alpha value is -0.0800. The minimum absolute atomic E-state index is 0.285. The maximum Gasteiger partial charge on any atom is 0.122 e. The van der Waals surface area contributed by atoms with Gasteiger partial charge in [-0.2, -0.15) is 0 Å². The summed E-state index contributed by atoms with van der Waals surface area (Å²) in [5, 5.41) is 18.1. The molecule has 9 heavy (non-hydrogen) atoms. The smallest absolute Gasteiger partial charge is 0.122 e. The molecule has 0 spiro atoms. The third-order valence-electron chi connectivity index (χ3n) is 1.80. The highest BCUT2D eigenvalue weighted by atomic mass is 16.3. The Balaban J connectivity index is 2.32. The summed E-state index contributed by atoms with van der Waals surface area (Å²) >= 11 is 0. The second-order valence-electron chi connectivity index (χ2n) is 2.61. The van der Waals surface area contributed by atoms with Crippen LogP contribution in [0.3, 0.4) is 0 Å². The highest BCUT2D eigenvalue weighted by Crippen LogP contribution is 2.22. The van der Waals surface area contributed by atoms with Gasteiger partial charge in [-0.05, 0) is 12.8 Å². The maximum atomic E-state index is 9.07. The van der Waals surface area contributed by atoms with Crippen LogP contribution in [0, 0.1) is 6.10 Å². The molecule has 1 aliphatic carbocycles. The van der Waals surface area contributed by atoms with Crippen molar-refractivity contribution in [3.63, 3.8) is 0 Å². The normalized spacial score (nSPS) is 32.0. The molecule has 2 N–H and O–H groups in total. The van der Waals surface area contributed by atoms with E-state index in [-0.39, 0.29) is 6.10 Å². The maximum absolute atomic E-state index is 9.07. The van der Waals surface area contributed by atoms with Gasteiger partial charge in [0.15, 0.2) is 0 Å². The first-order chi connectivity index (χ1) is 4.30. The fraction of sp³-hybridized carbons (Fsp3) is 0.857. The third-order valence-corrected chi connectivity index (χ3v) is 1.80. The van der Waals surface area contributed by atoms with Crippen LogP contribution in [0.15, 0.2) is 0 Å². The summed E-state index contributed by atoms with van der Waals surface area (Å²) in [6.07, 6.45) is 4.40. The number of hydrogen-bond donors (Lipinski definition) is 2. The second kappa shape index (κ2) is 3.18. The van der Waals surface area contributed by atoms with Crippen LogP contribution in [0.1, 0.15) is 32.1 Å². The van der Waals surface area contributed by atoms with E-state index in [1.165, 1.54) is 0 Å². The molecule has 1 radical (unpaired) electrons. The molecule has 2 nitrogen and oxygen atoms in total. The first-order valence-corrected chi connectivity index (χ1v) is 3.53. The summed E-state index contributed by atoms with van der Waals surface area (Å²) in [5.41, 5.74) is 0. The van der Waals surface area contributed by atoms with Gasteiger partial charge in [0.2, 0.25) is 0 Å². The van der Waals surface area contributed by atoms with Gasteiger partial charge in [-0.3, -0.25) is 0 Å². The molecule has 2 heteroatoms. The second-order valence-corrected chi connectivity index (χ2v) is 2.61. The van der Waals surface area contributed by atoms with E-state index in [0.29, 0.717) is 6.42 Å². The minimum Gasteiger partial charge on any atom is -0.390 e. The largest absolute Gasteiger partial charge is 0.390 e. The average Bonchev–Trinajstić information content (AvgIpc) is 1.99. The average molecular weight is 129 g/mol. The summed E-state index contributed by atoms with van der Waals surface area (Å²) in [6.45, 7) is 0. The van der Waals surface area contributed by atoms with Crippen LogP contribution < -0.4 is 0 Å². The topological polar surface area (TPSA) is 40.5 Å². The van der Waals surface area contributed by atoms with Crippen molar-refractivity contribution in [1.82, 2.24) is 0 Å². The number of aliphatic hydroxyl groups is 2. The van der Waals surface area contributed by atoms with E-state index in [1.807, 2.05) is 0 Å². The van der Waals surface area contributed by atoms with Crippen molar-refractivity contribution >= 4 is 0 Å². The molecular formula is C7H13O2. The summed E-state index contributed by atoms with van der Waals surface area (Å²) < 4.78 is 0. The molecule has 0 heterocycles. The van der Waals surface area contributed by atoms with Crippen molar-refractivity contribution in [3.05, 3.63) is 6.10 Å². The molecular weight excluding hydrogens is 116 g/mol. The Morgan fingerprint density at radius 3 is 2.78 bits per heavy atom. The minimum atomic E-state index is -0.535. The fourth-order valence-electron chi connectivity index (χ4n) is 1.15. The van der Waals surface area contributed by atoms with Crippen molar-refractivity contribution in [1.29, 1.82) is 0 Å². The number of aliphatic hydroxyl groups excluding tert-OH is 2. The van der Waals surface area contributed by atoms with Gasteiger partial charge in [0.05, 0.1) is 6.10 Å². The molecule has 53 valence electrons. The molecule has 1 atom stereocenters. The van der Waals surface area contributed by atoms with Crippen LogP contribution in [0.4, 0.5) is 0 Å². The number of hydrogen-bond acceptors (Lipinski definition) is 2. The molecule has 1 saturated carbocycles. The summed E-state index contributed by atoms with van der Waals surface area (Å²) in [5.74, 6) is 0. The van der Waals surface area contributed by atoms with E-state index in [2.05, 4.69) is 0 Å². The van der Waals surface area contributed by atoms with Crippen molar-refractivity contribution in [2.75, 3.05) is 0 Å². The van der Waals surface area contributed by atoms with Gasteiger partial charge >= 0.3 is 0 Å². The predicted octanol–water partition coefficient (Wildman–Crippen LogP) is 1.22. The van der Waals surface area contributed by atoms with Crippen LogP contribution >= 0.6 is 0 Å². The van der Waals surface area contributed by atoms with Crippen molar-refractivity contribution in [2.24, 2.45) is 0 Å². The zero-order chi connectivity index (χ0) is 6.69. The SMILES string of the molecule is O[C]1CCCCC[C@@H]1O. The van der Waals surface area contributed by atoms with Crippen LogP contribution in [0.2, 0.25) is 0 Å². The molecule has 0 aliphatic heterocycles. The quantitative estimate of drug-likeness (QED) is 0.483. The molecule has 0 aromatic heterocycles. The summed E-state index contributed by atoms with van der Waals surface area (Å²) in [6, 6.07) is 0. The van der Waals surface area contributed by atoms with E-state index in [1.54, 1.807) is 0 Å². The first-order valence-electron chi connectivity index (χ1n) is 3.53. The Morgan fingerprint density at radius 2 is 2.00 bits per heavy atom. The molecule has 0 saturated heterocycles. The van der Waals surface area contributed by atoms with Gasteiger partial charge in [0, 0.05) is 0 Å². The molecule has 0 unspecified atom stereocenters. The first kappa shape index (κ1) is 7.03. The third kappa shape index (κ3) is 1.95. The van der Waals surface area contributed by atoms with Crippen LogP contribution in [0.25, 0.3) is 0 Å². The van der Waals surface area contributed by atoms with Gasteiger partial charge in [-0.25, -0.2) is 0 Å². The highest BCUT2D eigenvalue weighted by molar-refractivity contribution is 4.86. The van der Waals surface area contributed by atoms with Gasteiger partial charge in [0.25, 0.3) is 0 Å².